The predicted molar refractivity (Wildman–Crippen MR) is 159 cm³/mol. The molecule has 0 N–H and O–H groups in total. The molecule has 6 nitrogen and oxygen atoms in total. The van der Waals surface area contributed by atoms with Crippen LogP contribution in [0.2, 0.25) is 5.02 Å². The zero-order valence-electron chi connectivity index (χ0n) is 24.3. The Labute approximate surface area is 243 Å². The lowest BCUT2D eigenvalue weighted by molar-refractivity contribution is -0.159. The summed E-state index contributed by atoms with van der Waals surface area (Å²) in [7, 11) is 1.33. The van der Waals surface area contributed by atoms with Crippen molar-refractivity contribution >= 4 is 29.2 Å². The molecule has 7 heteroatoms. The van der Waals surface area contributed by atoms with E-state index in [0.717, 1.165) is 68.1 Å². The molecule has 2 aromatic rings. The number of carbonyl (C=O) groups excluding carboxylic acids is 2. The number of anilines is 1. The fraction of sp³-hybridized carbons (Fsp3) is 0.515. The fourth-order valence-electron chi connectivity index (χ4n) is 5.94. The molecule has 0 fully saturated rings. The van der Waals surface area contributed by atoms with Crippen LogP contribution >= 0.6 is 11.6 Å². The van der Waals surface area contributed by atoms with Crippen molar-refractivity contribution in [3.8, 4) is 5.75 Å². The second kappa shape index (κ2) is 12.7. The number of carbonyl (C=O) groups is 2. The minimum Gasteiger partial charge on any atom is -0.490 e. The Morgan fingerprint density at radius 1 is 1.20 bits per heavy atom. The van der Waals surface area contributed by atoms with Gasteiger partial charge in [-0.2, -0.15) is 0 Å². The minimum atomic E-state index is -0.783. The number of fused-ring (bicyclic) bond motifs is 3. The molecule has 2 atom stereocenters. The van der Waals surface area contributed by atoms with Gasteiger partial charge in [0.2, 0.25) is 0 Å². The van der Waals surface area contributed by atoms with Gasteiger partial charge in [-0.15, -0.1) is 6.58 Å². The van der Waals surface area contributed by atoms with Crippen molar-refractivity contribution in [3.05, 3.63) is 70.8 Å². The summed E-state index contributed by atoms with van der Waals surface area (Å²) < 4.78 is 17.2. The average molecular weight is 568 g/mol. The van der Waals surface area contributed by atoms with Gasteiger partial charge in [-0.05, 0) is 100 Å². The summed E-state index contributed by atoms with van der Waals surface area (Å²) in [6.07, 6.45) is 7.97. The van der Waals surface area contributed by atoms with Crippen molar-refractivity contribution in [3.63, 3.8) is 0 Å². The summed E-state index contributed by atoms with van der Waals surface area (Å²) in [5.41, 5.74) is 3.40. The molecular weight excluding hydrogens is 526 g/mol. The van der Waals surface area contributed by atoms with E-state index in [-0.39, 0.29) is 11.8 Å². The highest BCUT2D eigenvalue weighted by molar-refractivity contribution is 6.30. The maximum absolute atomic E-state index is 13.3. The number of rotatable bonds is 9. The van der Waals surface area contributed by atoms with E-state index < -0.39 is 23.5 Å². The second-order valence-corrected chi connectivity index (χ2v) is 12.5. The highest BCUT2D eigenvalue weighted by Crippen LogP contribution is 2.45. The number of benzene rings is 2. The first-order valence-corrected chi connectivity index (χ1v) is 14.6. The van der Waals surface area contributed by atoms with Crippen LogP contribution in [0.3, 0.4) is 0 Å². The van der Waals surface area contributed by atoms with E-state index in [9.17, 15) is 9.59 Å². The van der Waals surface area contributed by atoms with E-state index in [1.165, 1.54) is 18.2 Å². The van der Waals surface area contributed by atoms with Crippen LogP contribution in [0.5, 0.6) is 5.75 Å². The molecule has 0 radical (unpaired) electrons. The Bertz CT molecular complexity index is 1240. The monoisotopic (exact) mass is 567 g/mol. The first-order chi connectivity index (χ1) is 19.0. The standard InChI is InChI=1S/C33H42ClNO5/c1-6-7-8-9-17-35-21-33(16-10-11-24-18-25(34)13-14-27(24)33)22-39-29-15-12-23(19-28(29)35)26(20-30(36)38-5)31(37)40-32(2,3)4/h6,12-15,18-19,26H,1,7-11,16-17,20-22H2,2-5H3/t26-,33-/m0/s1. The number of hydrogen-bond donors (Lipinski definition) is 0. The van der Waals surface area contributed by atoms with Crippen LogP contribution in [0.1, 0.15) is 81.9 Å². The molecule has 0 saturated carbocycles. The Balaban J connectivity index is 1.74. The Morgan fingerprint density at radius 2 is 2.00 bits per heavy atom. The molecule has 1 aliphatic heterocycles. The van der Waals surface area contributed by atoms with Crippen molar-refractivity contribution < 1.29 is 23.8 Å². The fourth-order valence-corrected chi connectivity index (χ4v) is 6.13. The number of halogens is 1. The molecule has 2 aromatic carbocycles. The van der Waals surface area contributed by atoms with Crippen molar-refractivity contribution in [2.45, 2.75) is 82.7 Å². The quantitative estimate of drug-likeness (QED) is 0.182. The van der Waals surface area contributed by atoms with Crippen molar-refractivity contribution in [1.82, 2.24) is 0 Å². The average Bonchev–Trinajstić information content (AvgIpc) is 3.05. The Morgan fingerprint density at radius 3 is 2.73 bits per heavy atom. The lowest BCUT2D eigenvalue weighted by Gasteiger charge is -2.41. The number of allylic oxidation sites excluding steroid dienone is 1. The van der Waals surface area contributed by atoms with Gasteiger partial charge in [0, 0.05) is 23.5 Å². The van der Waals surface area contributed by atoms with E-state index in [1.807, 2.05) is 51.1 Å². The molecule has 40 heavy (non-hydrogen) atoms. The molecule has 0 amide bonds. The van der Waals surface area contributed by atoms with Crippen molar-refractivity contribution in [1.29, 1.82) is 0 Å². The third kappa shape index (κ3) is 7.01. The van der Waals surface area contributed by atoms with Crippen LogP contribution < -0.4 is 9.64 Å². The molecule has 0 unspecified atom stereocenters. The van der Waals surface area contributed by atoms with Gasteiger partial charge in [-0.1, -0.05) is 29.8 Å². The lowest BCUT2D eigenvalue weighted by Crippen LogP contribution is -2.46. The number of aryl methyl sites for hydroxylation is 1. The SMILES string of the molecule is C=CCCCCN1C[C@@]2(CCCc3cc(Cl)ccc32)COc2ccc([C@H](CC(=O)OC)C(=O)OC(C)(C)C)cc21. The summed E-state index contributed by atoms with van der Waals surface area (Å²) in [6, 6.07) is 12.1. The third-order valence-corrected chi connectivity index (χ3v) is 8.07. The molecular formula is C33H42ClNO5. The molecule has 0 bridgehead atoms. The number of hydrogen-bond acceptors (Lipinski definition) is 6. The zero-order valence-corrected chi connectivity index (χ0v) is 25.0. The molecule has 216 valence electrons. The molecule has 0 aromatic heterocycles. The van der Waals surface area contributed by atoms with Gasteiger partial charge in [0.15, 0.2) is 0 Å². The van der Waals surface area contributed by atoms with Crippen LogP contribution in [-0.4, -0.2) is 44.3 Å². The van der Waals surface area contributed by atoms with Crippen LogP contribution in [0, 0.1) is 0 Å². The number of nitrogens with zero attached hydrogens (tertiary/aromatic N) is 1. The Hall–Kier alpha value is -2.99. The molecule has 2 aliphatic rings. The van der Waals surface area contributed by atoms with E-state index in [1.54, 1.807) is 0 Å². The molecule has 1 spiro atoms. The van der Waals surface area contributed by atoms with Gasteiger partial charge in [-0.25, -0.2) is 0 Å². The first kappa shape index (κ1) is 30.0. The number of unbranched alkanes of at least 4 members (excludes halogenated alkanes) is 2. The number of esters is 2. The lowest BCUT2D eigenvalue weighted by atomic mass is 9.70. The van der Waals surface area contributed by atoms with Crippen LogP contribution in [0.4, 0.5) is 5.69 Å². The van der Waals surface area contributed by atoms with Gasteiger partial charge < -0.3 is 19.1 Å². The number of ether oxygens (including phenoxy) is 3. The summed E-state index contributed by atoms with van der Waals surface area (Å²) >= 11 is 6.37. The summed E-state index contributed by atoms with van der Waals surface area (Å²) in [5, 5.41) is 0.762. The normalized spacial score (nSPS) is 19.1. The van der Waals surface area contributed by atoms with Gasteiger partial charge in [0.05, 0.1) is 31.7 Å². The topological polar surface area (TPSA) is 65.1 Å². The van der Waals surface area contributed by atoms with Crippen molar-refractivity contribution in [2.24, 2.45) is 0 Å². The summed E-state index contributed by atoms with van der Waals surface area (Å²) in [5.74, 6) is -0.903. The molecule has 1 heterocycles. The van der Waals surface area contributed by atoms with E-state index >= 15 is 0 Å². The maximum Gasteiger partial charge on any atom is 0.314 e. The third-order valence-electron chi connectivity index (χ3n) is 7.84. The van der Waals surface area contributed by atoms with E-state index in [4.69, 9.17) is 25.8 Å². The summed E-state index contributed by atoms with van der Waals surface area (Å²) in [4.78, 5) is 28.0. The maximum atomic E-state index is 13.3. The predicted octanol–water partition coefficient (Wildman–Crippen LogP) is 7.16. The van der Waals surface area contributed by atoms with Crippen LogP contribution in [-0.2, 0) is 30.9 Å². The van der Waals surface area contributed by atoms with Gasteiger partial charge in [-0.3, -0.25) is 9.59 Å². The zero-order chi connectivity index (χ0) is 28.9. The second-order valence-electron chi connectivity index (χ2n) is 12.0. The molecule has 4 rings (SSSR count). The van der Waals surface area contributed by atoms with Gasteiger partial charge in [0.25, 0.3) is 0 Å². The van der Waals surface area contributed by atoms with Gasteiger partial charge in [0.1, 0.15) is 11.4 Å². The minimum absolute atomic E-state index is 0.0948. The largest absolute Gasteiger partial charge is 0.490 e. The number of methoxy groups -OCH3 is 1. The molecule has 1 aliphatic carbocycles. The first-order valence-electron chi connectivity index (χ1n) is 14.3. The van der Waals surface area contributed by atoms with E-state index in [0.29, 0.717) is 12.2 Å². The smallest absolute Gasteiger partial charge is 0.314 e. The highest BCUT2D eigenvalue weighted by atomic mass is 35.5. The summed E-state index contributed by atoms with van der Waals surface area (Å²) in [6.45, 7) is 11.5. The highest BCUT2D eigenvalue weighted by Gasteiger charge is 2.42. The van der Waals surface area contributed by atoms with Crippen molar-refractivity contribution in [2.75, 3.05) is 31.7 Å². The molecule has 0 saturated heterocycles. The van der Waals surface area contributed by atoms with Crippen LogP contribution in [0.15, 0.2) is 49.1 Å². The Kier molecular flexibility index (Phi) is 9.50. The van der Waals surface area contributed by atoms with Crippen LogP contribution in [0.25, 0.3) is 0 Å². The van der Waals surface area contributed by atoms with E-state index in [2.05, 4.69) is 23.6 Å². The van der Waals surface area contributed by atoms with Gasteiger partial charge >= 0.3 is 11.9 Å².